The number of carbonyl (C=O) groups excluding carboxylic acids is 1. The van der Waals surface area contributed by atoms with Crippen LogP contribution in [0.2, 0.25) is 0 Å². The molecule has 1 unspecified atom stereocenters. The van der Waals surface area contributed by atoms with Crippen LogP contribution >= 0.6 is 7.60 Å². The molecule has 0 aromatic rings. The van der Waals surface area contributed by atoms with Gasteiger partial charge < -0.3 is 18.5 Å². The molecule has 0 N–H and O–H groups in total. The Morgan fingerprint density at radius 2 is 1.86 bits per heavy atom. The van der Waals surface area contributed by atoms with Crippen molar-refractivity contribution in [2.45, 2.75) is 57.7 Å². The van der Waals surface area contributed by atoms with Gasteiger partial charge in [0.15, 0.2) is 6.29 Å². The van der Waals surface area contributed by atoms with Gasteiger partial charge in [-0.2, -0.15) is 0 Å². The minimum atomic E-state index is -3.20. The Labute approximate surface area is 133 Å². The molecular weight excluding hydrogens is 307 g/mol. The quantitative estimate of drug-likeness (QED) is 0.401. The molecule has 22 heavy (non-hydrogen) atoms. The van der Waals surface area contributed by atoms with Crippen LogP contribution in [0.1, 0.15) is 51.4 Å². The minimum absolute atomic E-state index is 0.0208. The van der Waals surface area contributed by atoms with Crippen molar-refractivity contribution < 1.29 is 27.9 Å². The van der Waals surface area contributed by atoms with Crippen LogP contribution in [-0.2, 0) is 27.9 Å². The van der Waals surface area contributed by atoms with E-state index in [4.69, 9.17) is 18.5 Å². The first kappa shape index (κ1) is 19.8. The maximum Gasteiger partial charge on any atom is 0.337 e. The Kier molecular flexibility index (Phi) is 10.2. The first-order valence-electron chi connectivity index (χ1n) is 8.05. The summed E-state index contributed by atoms with van der Waals surface area (Å²) in [6.45, 7) is 1.51. The molecule has 0 aliphatic carbocycles. The summed E-state index contributed by atoms with van der Waals surface area (Å²) in [5, 5.41) is 0. The zero-order valence-electron chi connectivity index (χ0n) is 13.8. The first-order valence-corrected chi connectivity index (χ1v) is 9.78. The second-order valence-corrected chi connectivity index (χ2v) is 7.77. The van der Waals surface area contributed by atoms with E-state index in [1.807, 2.05) is 0 Å². The lowest BCUT2D eigenvalue weighted by Crippen LogP contribution is -2.22. The molecule has 0 amide bonds. The molecule has 1 aliphatic rings. The minimum Gasteiger partial charge on any atom is -0.353 e. The van der Waals surface area contributed by atoms with E-state index in [0.29, 0.717) is 13.0 Å². The number of unbranched alkanes of at least 4 members (excludes halogenated alkanes) is 3. The van der Waals surface area contributed by atoms with E-state index in [1.165, 1.54) is 20.6 Å². The molecule has 1 rings (SSSR count). The molecule has 1 aliphatic heterocycles. The average Bonchev–Trinajstić information content (AvgIpc) is 2.54. The third-order valence-corrected chi connectivity index (χ3v) is 5.57. The zero-order valence-corrected chi connectivity index (χ0v) is 14.6. The standard InChI is InChI=1S/C15H29O6P/c1-18-22(17,19-2)13-14(16)9-5-3-4-7-11-20-15-10-6-8-12-21-15/h15H,3-13H2,1-2H3. The largest absolute Gasteiger partial charge is 0.353 e. The Bertz CT molecular complexity index is 346. The van der Waals surface area contributed by atoms with Crippen LogP contribution in [0.3, 0.4) is 0 Å². The molecule has 7 heteroatoms. The molecule has 6 nitrogen and oxygen atoms in total. The van der Waals surface area contributed by atoms with E-state index < -0.39 is 7.60 Å². The molecule has 0 spiro atoms. The van der Waals surface area contributed by atoms with Crippen LogP contribution in [0.5, 0.6) is 0 Å². The van der Waals surface area contributed by atoms with Gasteiger partial charge >= 0.3 is 7.60 Å². The van der Waals surface area contributed by atoms with E-state index >= 15 is 0 Å². The fourth-order valence-corrected chi connectivity index (χ4v) is 3.33. The number of ether oxygens (including phenoxy) is 2. The lowest BCUT2D eigenvalue weighted by atomic mass is 10.1. The second kappa shape index (κ2) is 11.3. The Hall–Kier alpha value is -0.260. The van der Waals surface area contributed by atoms with Crippen LogP contribution in [0, 0.1) is 0 Å². The third-order valence-electron chi connectivity index (χ3n) is 3.72. The summed E-state index contributed by atoms with van der Waals surface area (Å²) >= 11 is 0. The van der Waals surface area contributed by atoms with Gasteiger partial charge in [-0.05, 0) is 32.1 Å². The summed E-state index contributed by atoms with van der Waals surface area (Å²) in [4.78, 5) is 11.7. The van der Waals surface area contributed by atoms with E-state index in [2.05, 4.69) is 0 Å². The molecule has 0 aromatic carbocycles. The molecule has 1 fully saturated rings. The highest BCUT2D eigenvalue weighted by atomic mass is 31.2. The van der Waals surface area contributed by atoms with E-state index in [0.717, 1.165) is 45.1 Å². The molecule has 0 radical (unpaired) electrons. The maximum absolute atomic E-state index is 11.8. The van der Waals surface area contributed by atoms with Crippen LogP contribution in [0.25, 0.3) is 0 Å². The van der Waals surface area contributed by atoms with Crippen molar-refractivity contribution in [1.29, 1.82) is 0 Å². The van der Waals surface area contributed by atoms with E-state index in [9.17, 15) is 9.36 Å². The van der Waals surface area contributed by atoms with Gasteiger partial charge in [0, 0.05) is 33.9 Å². The molecule has 0 bridgehead atoms. The summed E-state index contributed by atoms with van der Waals surface area (Å²) in [6, 6.07) is 0. The van der Waals surface area contributed by atoms with Gasteiger partial charge in [0.2, 0.25) is 0 Å². The number of carbonyl (C=O) groups is 1. The summed E-state index contributed by atoms with van der Waals surface area (Å²) in [7, 11) is -0.604. The van der Waals surface area contributed by atoms with Gasteiger partial charge in [-0.3, -0.25) is 9.36 Å². The smallest absolute Gasteiger partial charge is 0.337 e. The lowest BCUT2D eigenvalue weighted by molar-refractivity contribution is -0.162. The summed E-state index contributed by atoms with van der Waals surface area (Å²) in [5.74, 6) is -0.0705. The van der Waals surface area contributed by atoms with Crippen molar-refractivity contribution in [3.8, 4) is 0 Å². The highest BCUT2D eigenvalue weighted by molar-refractivity contribution is 7.54. The maximum atomic E-state index is 11.8. The normalized spacial score (nSPS) is 19.3. The highest BCUT2D eigenvalue weighted by Crippen LogP contribution is 2.46. The van der Waals surface area contributed by atoms with Gasteiger partial charge in [-0.15, -0.1) is 0 Å². The number of hydrogen-bond donors (Lipinski definition) is 0. The van der Waals surface area contributed by atoms with Crippen molar-refractivity contribution in [3.63, 3.8) is 0 Å². The van der Waals surface area contributed by atoms with Crippen molar-refractivity contribution >= 4 is 13.4 Å². The zero-order chi connectivity index (χ0) is 16.3. The van der Waals surface area contributed by atoms with Gasteiger partial charge in [0.05, 0.1) is 0 Å². The van der Waals surface area contributed by atoms with E-state index in [-0.39, 0.29) is 18.2 Å². The van der Waals surface area contributed by atoms with Gasteiger partial charge in [0.25, 0.3) is 0 Å². The number of rotatable bonds is 12. The predicted molar refractivity (Wildman–Crippen MR) is 84.1 cm³/mol. The number of ketones is 1. The lowest BCUT2D eigenvalue weighted by Gasteiger charge is -2.22. The molecule has 130 valence electrons. The number of hydrogen-bond acceptors (Lipinski definition) is 6. The van der Waals surface area contributed by atoms with Crippen molar-refractivity contribution in [2.24, 2.45) is 0 Å². The van der Waals surface area contributed by atoms with Crippen molar-refractivity contribution in [3.05, 3.63) is 0 Å². The third kappa shape index (κ3) is 8.39. The Morgan fingerprint density at radius 3 is 2.50 bits per heavy atom. The van der Waals surface area contributed by atoms with Gasteiger partial charge in [-0.25, -0.2) is 0 Å². The van der Waals surface area contributed by atoms with Gasteiger partial charge in [-0.1, -0.05) is 12.8 Å². The topological polar surface area (TPSA) is 71.1 Å². The van der Waals surface area contributed by atoms with E-state index in [1.54, 1.807) is 0 Å². The average molecular weight is 336 g/mol. The molecule has 0 aromatic heterocycles. The summed E-state index contributed by atoms with van der Waals surface area (Å²) in [6.07, 6.45) is 7.32. The Morgan fingerprint density at radius 1 is 1.14 bits per heavy atom. The first-order chi connectivity index (χ1) is 10.6. The summed E-state index contributed by atoms with van der Waals surface area (Å²) in [5.41, 5.74) is 0. The van der Waals surface area contributed by atoms with Crippen molar-refractivity contribution in [2.75, 3.05) is 33.6 Å². The SMILES string of the molecule is COP(=O)(CC(=O)CCCCCCOC1CCCCO1)OC. The number of Topliss-reactive ketones (excluding diaryl/α,β-unsaturated/α-hetero) is 1. The van der Waals surface area contributed by atoms with Crippen molar-refractivity contribution in [1.82, 2.24) is 0 Å². The highest BCUT2D eigenvalue weighted by Gasteiger charge is 2.24. The van der Waals surface area contributed by atoms with Crippen LogP contribution < -0.4 is 0 Å². The molecule has 1 heterocycles. The molecular formula is C15H29O6P. The van der Waals surface area contributed by atoms with Crippen LogP contribution in [-0.4, -0.2) is 45.7 Å². The molecule has 1 saturated heterocycles. The molecule has 0 saturated carbocycles. The summed E-state index contributed by atoms with van der Waals surface area (Å²) < 4.78 is 32.4. The van der Waals surface area contributed by atoms with Crippen LogP contribution in [0.4, 0.5) is 0 Å². The fourth-order valence-electron chi connectivity index (χ4n) is 2.33. The predicted octanol–water partition coefficient (Wildman–Crippen LogP) is 3.54. The molecule has 1 atom stereocenters. The Balaban J connectivity index is 1.96. The second-order valence-electron chi connectivity index (χ2n) is 5.50. The monoisotopic (exact) mass is 336 g/mol. The van der Waals surface area contributed by atoms with Gasteiger partial charge in [0.1, 0.15) is 11.9 Å². The fraction of sp³-hybridized carbons (Fsp3) is 0.933. The van der Waals surface area contributed by atoms with Crippen LogP contribution in [0.15, 0.2) is 0 Å².